The van der Waals surface area contributed by atoms with E-state index in [0.717, 1.165) is 5.82 Å². The molecule has 0 aliphatic rings. The minimum Gasteiger partial charge on any atom is -0.347 e. The van der Waals surface area contributed by atoms with Gasteiger partial charge in [0.1, 0.15) is 5.82 Å². The van der Waals surface area contributed by atoms with E-state index in [1.165, 1.54) is 0 Å². The van der Waals surface area contributed by atoms with Gasteiger partial charge in [-0.25, -0.2) is 0 Å². The van der Waals surface area contributed by atoms with Crippen molar-refractivity contribution in [2.24, 2.45) is 0 Å². The minimum atomic E-state index is 0.311. The molecule has 5 nitrogen and oxygen atoms in total. The van der Waals surface area contributed by atoms with Gasteiger partial charge < -0.3 is 9.80 Å². The van der Waals surface area contributed by atoms with E-state index in [1.807, 2.05) is 38.0 Å². The van der Waals surface area contributed by atoms with Gasteiger partial charge in [-0.1, -0.05) is 13.8 Å². The van der Waals surface area contributed by atoms with Gasteiger partial charge in [0.15, 0.2) is 0 Å². The molecule has 1 heterocycles. The summed E-state index contributed by atoms with van der Waals surface area (Å²) in [7, 11) is 7.72. The first-order valence-electron chi connectivity index (χ1n) is 5.02. The van der Waals surface area contributed by atoms with Gasteiger partial charge in [-0.05, 0) is 0 Å². The molecule has 0 atom stereocenters. The fraction of sp³-hybridized carbons (Fsp3) is 0.700. The van der Waals surface area contributed by atoms with E-state index in [9.17, 15) is 0 Å². The number of hydrogen-bond acceptors (Lipinski definition) is 5. The van der Waals surface area contributed by atoms with Crippen LogP contribution in [0, 0.1) is 0 Å². The Morgan fingerprint density at radius 2 is 1.20 bits per heavy atom. The van der Waals surface area contributed by atoms with Crippen LogP contribution in [0.1, 0.15) is 25.6 Å². The van der Waals surface area contributed by atoms with E-state index < -0.39 is 0 Å². The van der Waals surface area contributed by atoms with Crippen molar-refractivity contribution in [1.29, 1.82) is 0 Å². The number of anilines is 2. The summed E-state index contributed by atoms with van der Waals surface area (Å²) in [5, 5.41) is 0. The molecular weight excluding hydrogens is 190 g/mol. The first kappa shape index (κ1) is 11.7. The molecule has 0 spiro atoms. The van der Waals surface area contributed by atoms with Crippen molar-refractivity contribution in [2.45, 2.75) is 19.8 Å². The van der Waals surface area contributed by atoms with Crippen LogP contribution in [0.2, 0.25) is 0 Å². The molecule has 15 heavy (non-hydrogen) atoms. The van der Waals surface area contributed by atoms with Crippen LogP contribution in [0.25, 0.3) is 0 Å². The van der Waals surface area contributed by atoms with Gasteiger partial charge >= 0.3 is 0 Å². The molecule has 5 heteroatoms. The molecule has 0 bridgehead atoms. The maximum Gasteiger partial charge on any atom is 0.229 e. The first-order valence-corrected chi connectivity index (χ1v) is 5.02. The van der Waals surface area contributed by atoms with Crippen molar-refractivity contribution in [1.82, 2.24) is 15.0 Å². The Bertz CT molecular complexity index is 268. The van der Waals surface area contributed by atoms with Gasteiger partial charge in [0, 0.05) is 34.1 Å². The van der Waals surface area contributed by atoms with Crippen LogP contribution in [-0.4, -0.2) is 43.1 Å². The molecule has 0 aliphatic carbocycles. The standard InChI is InChI=1S/C10H19N5/c1-7(2)8-11-9(14(3)4)13-10(12-8)15(5)6/h7H,1-6H3. The summed E-state index contributed by atoms with van der Waals surface area (Å²) in [5.74, 6) is 2.55. The highest BCUT2D eigenvalue weighted by molar-refractivity contribution is 5.37. The fourth-order valence-corrected chi connectivity index (χ4v) is 1.03. The van der Waals surface area contributed by atoms with Gasteiger partial charge in [0.25, 0.3) is 0 Å². The number of hydrogen-bond donors (Lipinski definition) is 0. The van der Waals surface area contributed by atoms with E-state index in [0.29, 0.717) is 17.8 Å². The van der Waals surface area contributed by atoms with Crippen LogP contribution >= 0.6 is 0 Å². The topological polar surface area (TPSA) is 45.2 Å². The summed E-state index contributed by atoms with van der Waals surface area (Å²) in [6.07, 6.45) is 0. The van der Waals surface area contributed by atoms with Gasteiger partial charge in [0.05, 0.1) is 0 Å². The Morgan fingerprint density at radius 3 is 1.47 bits per heavy atom. The molecule has 0 aliphatic heterocycles. The average molecular weight is 209 g/mol. The molecule has 0 saturated carbocycles. The minimum absolute atomic E-state index is 0.311. The van der Waals surface area contributed by atoms with Crippen molar-refractivity contribution in [3.05, 3.63) is 5.82 Å². The van der Waals surface area contributed by atoms with Crippen LogP contribution in [-0.2, 0) is 0 Å². The summed E-state index contributed by atoms with van der Waals surface area (Å²) in [5.41, 5.74) is 0. The second-order valence-corrected chi connectivity index (χ2v) is 4.24. The maximum absolute atomic E-state index is 4.39. The lowest BCUT2D eigenvalue weighted by molar-refractivity contribution is 0.747. The normalized spacial score (nSPS) is 10.6. The third kappa shape index (κ3) is 2.78. The summed E-state index contributed by atoms with van der Waals surface area (Å²) < 4.78 is 0. The largest absolute Gasteiger partial charge is 0.347 e. The fourth-order valence-electron chi connectivity index (χ4n) is 1.03. The van der Waals surface area contributed by atoms with Crippen molar-refractivity contribution in [3.63, 3.8) is 0 Å². The highest BCUT2D eigenvalue weighted by Crippen LogP contribution is 2.15. The number of aromatic nitrogens is 3. The van der Waals surface area contributed by atoms with Crippen molar-refractivity contribution in [3.8, 4) is 0 Å². The number of nitrogens with zero attached hydrogens (tertiary/aromatic N) is 5. The Morgan fingerprint density at radius 1 is 0.800 bits per heavy atom. The van der Waals surface area contributed by atoms with Crippen LogP contribution < -0.4 is 9.80 Å². The third-order valence-electron chi connectivity index (χ3n) is 1.95. The lowest BCUT2D eigenvalue weighted by Gasteiger charge is -2.17. The molecular formula is C10H19N5. The van der Waals surface area contributed by atoms with E-state index >= 15 is 0 Å². The lowest BCUT2D eigenvalue weighted by Crippen LogP contribution is -2.20. The summed E-state index contributed by atoms with van der Waals surface area (Å²) in [6.45, 7) is 4.16. The highest BCUT2D eigenvalue weighted by Gasteiger charge is 2.11. The van der Waals surface area contributed by atoms with Crippen LogP contribution in [0.15, 0.2) is 0 Å². The van der Waals surface area contributed by atoms with Crippen molar-refractivity contribution >= 4 is 11.9 Å². The van der Waals surface area contributed by atoms with Crippen LogP contribution in [0.4, 0.5) is 11.9 Å². The molecule has 0 radical (unpaired) electrons. The van der Waals surface area contributed by atoms with Gasteiger partial charge in [-0.3, -0.25) is 0 Å². The molecule has 84 valence electrons. The smallest absolute Gasteiger partial charge is 0.229 e. The predicted octanol–water partition coefficient (Wildman–Crippen LogP) is 1.13. The maximum atomic E-state index is 4.39. The van der Waals surface area contributed by atoms with Gasteiger partial charge in [0.2, 0.25) is 11.9 Å². The Kier molecular flexibility index (Phi) is 3.44. The quantitative estimate of drug-likeness (QED) is 0.746. The zero-order valence-corrected chi connectivity index (χ0v) is 10.3. The zero-order chi connectivity index (χ0) is 11.6. The Balaban J connectivity index is 3.20. The van der Waals surface area contributed by atoms with E-state index in [2.05, 4.69) is 28.8 Å². The molecule has 0 amide bonds. The van der Waals surface area contributed by atoms with Crippen LogP contribution in [0.3, 0.4) is 0 Å². The van der Waals surface area contributed by atoms with E-state index in [4.69, 9.17) is 0 Å². The van der Waals surface area contributed by atoms with Gasteiger partial charge in [-0.15, -0.1) is 0 Å². The summed E-state index contributed by atoms with van der Waals surface area (Å²) >= 11 is 0. The number of rotatable bonds is 3. The highest BCUT2D eigenvalue weighted by atomic mass is 15.3. The zero-order valence-electron chi connectivity index (χ0n) is 10.3. The predicted molar refractivity (Wildman–Crippen MR) is 62.6 cm³/mol. The SMILES string of the molecule is CC(C)c1nc(N(C)C)nc(N(C)C)n1. The average Bonchev–Trinajstić information content (AvgIpc) is 2.16. The first-order chi connectivity index (χ1) is 6.91. The summed E-state index contributed by atoms with van der Waals surface area (Å²) in [6, 6.07) is 0. The van der Waals surface area contributed by atoms with Crippen molar-refractivity contribution < 1.29 is 0 Å². The molecule has 0 unspecified atom stereocenters. The molecule has 1 aromatic rings. The van der Waals surface area contributed by atoms with Crippen LogP contribution in [0.5, 0.6) is 0 Å². The van der Waals surface area contributed by atoms with Crippen molar-refractivity contribution in [2.75, 3.05) is 38.0 Å². The molecule has 0 fully saturated rings. The van der Waals surface area contributed by atoms with Gasteiger partial charge in [-0.2, -0.15) is 15.0 Å². The Labute approximate surface area is 91.2 Å². The second kappa shape index (κ2) is 4.42. The summed E-state index contributed by atoms with van der Waals surface area (Å²) in [4.78, 5) is 16.9. The molecule has 1 rings (SSSR count). The second-order valence-electron chi connectivity index (χ2n) is 4.24. The third-order valence-corrected chi connectivity index (χ3v) is 1.95. The molecule has 0 N–H and O–H groups in total. The molecule has 0 saturated heterocycles. The molecule has 1 aromatic heterocycles. The van der Waals surface area contributed by atoms with E-state index in [-0.39, 0.29) is 0 Å². The molecule has 0 aromatic carbocycles. The monoisotopic (exact) mass is 209 g/mol. The lowest BCUT2D eigenvalue weighted by atomic mass is 10.2. The Hall–Kier alpha value is -1.39. The van der Waals surface area contributed by atoms with E-state index in [1.54, 1.807) is 0 Å².